The van der Waals surface area contributed by atoms with E-state index in [0.717, 1.165) is 11.1 Å². The molecule has 0 saturated carbocycles. The molecule has 134 valence electrons. The number of hydrogen-bond donors (Lipinski definition) is 1. The summed E-state index contributed by atoms with van der Waals surface area (Å²) >= 11 is 0. The minimum atomic E-state index is -1.12. The van der Waals surface area contributed by atoms with Crippen molar-refractivity contribution in [2.45, 2.75) is 65.4 Å². The number of aliphatic hydroxyl groups is 1. The van der Waals surface area contributed by atoms with Crippen LogP contribution < -0.4 is 0 Å². The summed E-state index contributed by atoms with van der Waals surface area (Å²) in [5, 5.41) is 10.7. The molecule has 0 radical (unpaired) electrons. The molecule has 2 rings (SSSR count). The van der Waals surface area contributed by atoms with Crippen molar-refractivity contribution in [3.8, 4) is 0 Å². The highest BCUT2D eigenvalue weighted by Gasteiger charge is 2.27. The molecule has 0 aliphatic rings. The van der Waals surface area contributed by atoms with Crippen LogP contribution in [0.15, 0.2) is 42.5 Å². The summed E-state index contributed by atoms with van der Waals surface area (Å²) < 4.78 is 0. The Labute approximate surface area is 151 Å². The Morgan fingerprint density at radius 1 is 0.760 bits per heavy atom. The SMILES string of the molecule is CC(C)c1cc(C(C)C)c(C(=O)C(O)c2ccccc2)c(C(C)C)c1. The van der Waals surface area contributed by atoms with Crippen LogP contribution in [0.3, 0.4) is 0 Å². The van der Waals surface area contributed by atoms with Crippen molar-refractivity contribution in [1.82, 2.24) is 0 Å². The standard InChI is InChI=1S/C23H30O2/c1-14(2)18-12-19(15(3)4)21(20(13-18)16(5)6)23(25)22(24)17-10-8-7-9-11-17/h7-16,22,24H,1-6H3. The lowest BCUT2D eigenvalue weighted by Gasteiger charge is -2.23. The van der Waals surface area contributed by atoms with Crippen molar-refractivity contribution in [1.29, 1.82) is 0 Å². The van der Waals surface area contributed by atoms with Crippen LogP contribution in [-0.2, 0) is 0 Å². The normalized spacial score (nSPS) is 12.9. The Kier molecular flexibility index (Phi) is 6.18. The van der Waals surface area contributed by atoms with E-state index in [1.165, 1.54) is 5.56 Å². The molecule has 0 aliphatic carbocycles. The highest BCUT2D eigenvalue weighted by Crippen LogP contribution is 2.34. The van der Waals surface area contributed by atoms with E-state index >= 15 is 0 Å². The van der Waals surface area contributed by atoms with Gasteiger partial charge < -0.3 is 5.11 Å². The van der Waals surface area contributed by atoms with Gasteiger partial charge in [-0.25, -0.2) is 0 Å². The lowest BCUT2D eigenvalue weighted by molar-refractivity contribution is 0.0744. The van der Waals surface area contributed by atoms with Crippen LogP contribution in [0.1, 0.15) is 98.0 Å². The number of rotatable bonds is 6. The summed E-state index contributed by atoms with van der Waals surface area (Å²) in [5.74, 6) is 0.642. The fourth-order valence-electron chi connectivity index (χ4n) is 3.16. The molecule has 1 unspecified atom stereocenters. The van der Waals surface area contributed by atoms with Crippen LogP contribution in [0.5, 0.6) is 0 Å². The first-order valence-corrected chi connectivity index (χ1v) is 9.19. The van der Waals surface area contributed by atoms with Crippen LogP contribution in [0.2, 0.25) is 0 Å². The van der Waals surface area contributed by atoms with Gasteiger partial charge >= 0.3 is 0 Å². The topological polar surface area (TPSA) is 37.3 Å². The van der Waals surface area contributed by atoms with Crippen molar-refractivity contribution in [3.63, 3.8) is 0 Å². The second-order valence-electron chi connectivity index (χ2n) is 7.72. The van der Waals surface area contributed by atoms with Crippen molar-refractivity contribution >= 4 is 5.78 Å². The number of ketones is 1. The zero-order valence-corrected chi connectivity index (χ0v) is 16.2. The summed E-state index contributed by atoms with van der Waals surface area (Å²) in [7, 11) is 0. The first kappa shape index (κ1) is 19.4. The van der Waals surface area contributed by atoms with Gasteiger partial charge in [0, 0.05) is 5.56 Å². The van der Waals surface area contributed by atoms with Crippen LogP contribution in [-0.4, -0.2) is 10.9 Å². The highest BCUT2D eigenvalue weighted by molar-refractivity contribution is 6.02. The van der Waals surface area contributed by atoms with E-state index in [1.54, 1.807) is 12.1 Å². The van der Waals surface area contributed by atoms with Gasteiger partial charge in [0.25, 0.3) is 0 Å². The molecule has 1 atom stereocenters. The summed E-state index contributed by atoms with van der Waals surface area (Å²) in [6.45, 7) is 12.8. The lowest BCUT2D eigenvalue weighted by atomic mass is 9.81. The van der Waals surface area contributed by atoms with Crippen molar-refractivity contribution in [3.05, 3.63) is 70.3 Å². The number of hydrogen-bond acceptors (Lipinski definition) is 2. The Morgan fingerprint density at radius 3 is 1.64 bits per heavy atom. The molecule has 0 fully saturated rings. The van der Waals surface area contributed by atoms with E-state index in [1.807, 2.05) is 18.2 Å². The van der Waals surface area contributed by atoms with Gasteiger partial charge in [-0.15, -0.1) is 0 Å². The van der Waals surface area contributed by atoms with Gasteiger partial charge in [-0.05, 0) is 40.0 Å². The molecular formula is C23H30O2. The molecule has 0 saturated heterocycles. The van der Waals surface area contributed by atoms with E-state index < -0.39 is 6.10 Å². The molecule has 2 aromatic carbocycles. The largest absolute Gasteiger partial charge is 0.380 e. The molecule has 2 heteroatoms. The maximum absolute atomic E-state index is 13.2. The molecule has 2 nitrogen and oxygen atoms in total. The second kappa shape index (κ2) is 7.97. The number of carbonyl (C=O) groups is 1. The van der Waals surface area contributed by atoms with Gasteiger partial charge in [-0.2, -0.15) is 0 Å². The Morgan fingerprint density at radius 2 is 1.24 bits per heavy atom. The third-order valence-corrected chi connectivity index (χ3v) is 4.74. The predicted octanol–water partition coefficient (Wildman–Crippen LogP) is 5.97. The zero-order chi connectivity index (χ0) is 18.7. The first-order valence-electron chi connectivity index (χ1n) is 9.19. The number of Topliss-reactive ketones (excluding diaryl/α,β-unsaturated/α-hetero) is 1. The molecule has 0 heterocycles. The third-order valence-electron chi connectivity index (χ3n) is 4.74. The molecule has 0 aliphatic heterocycles. The minimum absolute atomic E-state index is 0.200. The molecule has 25 heavy (non-hydrogen) atoms. The fraction of sp³-hybridized carbons (Fsp3) is 0.435. The average molecular weight is 338 g/mol. The predicted molar refractivity (Wildman–Crippen MR) is 104 cm³/mol. The maximum atomic E-state index is 13.2. The van der Waals surface area contributed by atoms with Crippen LogP contribution in [0, 0.1) is 0 Å². The Bertz CT molecular complexity index is 698. The molecule has 0 amide bonds. The molecule has 0 bridgehead atoms. The van der Waals surface area contributed by atoms with Gasteiger partial charge in [0.2, 0.25) is 0 Å². The maximum Gasteiger partial charge on any atom is 0.196 e. The van der Waals surface area contributed by atoms with Gasteiger partial charge in [0.1, 0.15) is 6.10 Å². The van der Waals surface area contributed by atoms with Crippen LogP contribution in [0.25, 0.3) is 0 Å². The number of carbonyl (C=O) groups excluding carboxylic acids is 1. The molecular weight excluding hydrogens is 308 g/mol. The van der Waals surface area contributed by atoms with Crippen LogP contribution in [0.4, 0.5) is 0 Å². The van der Waals surface area contributed by atoms with E-state index in [-0.39, 0.29) is 17.6 Å². The van der Waals surface area contributed by atoms with E-state index in [2.05, 4.69) is 53.7 Å². The van der Waals surface area contributed by atoms with E-state index in [4.69, 9.17) is 0 Å². The van der Waals surface area contributed by atoms with Gasteiger partial charge in [-0.1, -0.05) is 84.0 Å². The summed E-state index contributed by atoms with van der Waals surface area (Å²) in [5.41, 5.74) is 4.67. The molecule has 0 spiro atoms. The van der Waals surface area contributed by atoms with Crippen LogP contribution >= 0.6 is 0 Å². The van der Waals surface area contributed by atoms with Gasteiger partial charge in [0.05, 0.1) is 0 Å². The minimum Gasteiger partial charge on any atom is -0.380 e. The highest BCUT2D eigenvalue weighted by atomic mass is 16.3. The first-order chi connectivity index (χ1) is 11.7. The van der Waals surface area contributed by atoms with Gasteiger partial charge in [-0.3, -0.25) is 4.79 Å². The smallest absolute Gasteiger partial charge is 0.196 e. The lowest BCUT2D eigenvalue weighted by Crippen LogP contribution is -2.18. The summed E-state index contributed by atoms with van der Waals surface area (Å²) in [4.78, 5) is 13.2. The third kappa shape index (κ3) is 4.19. The molecule has 0 aromatic heterocycles. The van der Waals surface area contributed by atoms with Crippen molar-refractivity contribution < 1.29 is 9.90 Å². The van der Waals surface area contributed by atoms with Crippen molar-refractivity contribution in [2.75, 3.05) is 0 Å². The molecule has 1 N–H and O–H groups in total. The Balaban J connectivity index is 2.63. The average Bonchev–Trinajstić information content (AvgIpc) is 2.59. The number of aliphatic hydroxyl groups excluding tert-OH is 1. The Hall–Kier alpha value is -1.93. The monoisotopic (exact) mass is 338 g/mol. The second-order valence-corrected chi connectivity index (χ2v) is 7.72. The molecule has 2 aromatic rings. The summed E-state index contributed by atoms with van der Waals surface area (Å²) in [6.07, 6.45) is -1.12. The van der Waals surface area contributed by atoms with E-state index in [0.29, 0.717) is 17.0 Å². The fourth-order valence-corrected chi connectivity index (χ4v) is 3.16. The zero-order valence-electron chi connectivity index (χ0n) is 16.2. The van der Waals surface area contributed by atoms with Crippen molar-refractivity contribution in [2.24, 2.45) is 0 Å². The quantitative estimate of drug-likeness (QED) is 0.658. The van der Waals surface area contributed by atoms with Gasteiger partial charge in [0.15, 0.2) is 5.78 Å². The van der Waals surface area contributed by atoms with E-state index in [9.17, 15) is 9.90 Å². The summed E-state index contributed by atoms with van der Waals surface area (Å²) in [6, 6.07) is 13.5. The number of benzene rings is 2.